The number of aliphatic hydroxyl groups excluding tert-OH is 1. The number of ketones is 2. The van der Waals surface area contributed by atoms with Gasteiger partial charge in [-0.2, -0.15) is 0 Å². The molecule has 0 spiro atoms. The van der Waals surface area contributed by atoms with Crippen LogP contribution in [-0.4, -0.2) is 16.7 Å². The quantitative estimate of drug-likeness (QED) is 0.382. The Labute approximate surface area is 106 Å². The van der Waals surface area contributed by atoms with E-state index in [0.717, 1.165) is 0 Å². The molecule has 1 aromatic carbocycles. The lowest BCUT2D eigenvalue weighted by molar-refractivity contribution is -0.113. The Kier molecular flexibility index (Phi) is 4.21. The van der Waals surface area contributed by atoms with Gasteiger partial charge in [-0.3, -0.25) is 9.59 Å². The number of carbonyl (C=O) groups is 2. The van der Waals surface area contributed by atoms with Crippen LogP contribution in [0.25, 0.3) is 5.57 Å². The number of hydrogen-bond acceptors (Lipinski definition) is 3. The molecule has 0 amide bonds. The molecule has 0 aromatic heterocycles. The van der Waals surface area contributed by atoms with Gasteiger partial charge >= 0.3 is 0 Å². The monoisotopic (exact) mass is 244 g/mol. The number of allylic oxidation sites excluding steroid dienone is 3. The minimum Gasteiger partial charge on any atom is -0.512 e. The molecular weight excluding hydrogens is 228 g/mol. The Hall–Kier alpha value is -2.16. The first-order valence-electron chi connectivity index (χ1n) is 5.56. The van der Waals surface area contributed by atoms with E-state index in [4.69, 9.17) is 0 Å². The second kappa shape index (κ2) is 5.45. The highest BCUT2D eigenvalue weighted by Crippen LogP contribution is 2.24. The lowest BCUT2D eigenvalue weighted by Gasteiger charge is -2.09. The van der Waals surface area contributed by atoms with E-state index in [1.165, 1.54) is 20.8 Å². The van der Waals surface area contributed by atoms with Crippen molar-refractivity contribution in [1.82, 2.24) is 0 Å². The van der Waals surface area contributed by atoms with Crippen LogP contribution in [0.3, 0.4) is 0 Å². The molecule has 0 bridgehead atoms. The van der Waals surface area contributed by atoms with Gasteiger partial charge in [-0.1, -0.05) is 30.8 Å². The molecule has 0 fully saturated rings. The van der Waals surface area contributed by atoms with E-state index in [1.54, 1.807) is 24.3 Å². The third-order valence-electron chi connectivity index (χ3n) is 2.66. The maximum atomic E-state index is 11.4. The fraction of sp³-hybridized carbons (Fsp3) is 0.200. The molecule has 0 aliphatic heterocycles. The van der Waals surface area contributed by atoms with Crippen LogP contribution in [0.4, 0.5) is 0 Å². The van der Waals surface area contributed by atoms with Crippen LogP contribution in [0.1, 0.15) is 36.7 Å². The minimum absolute atomic E-state index is 0.0205. The van der Waals surface area contributed by atoms with Crippen molar-refractivity contribution in [3.8, 4) is 0 Å². The van der Waals surface area contributed by atoms with Crippen LogP contribution >= 0.6 is 0 Å². The lowest BCUT2D eigenvalue weighted by Crippen LogP contribution is -2.03. The van der Waals surface area contributed by atoms with Gasteiger partial charge in [-0.05, 0) is 31.9 Å². The molecule has 94 valence electrons. The number of carbonyl (C=O) groups excluding carboxylic acids is 2. The SMILES string of the molecule is C=C(/C(C(C)=O)=C(\C)O)c1ccc(C(C)=O)cc1. The van der Waals surface area contributed by atoms with Crippen molar-refractivity contribution >= 4 is 17.1 Å². The molecule has 1 rings (SSSR count). The van der Waals surface area contributed by atoms with Gasteiger partial charge in [0.15, 0.2) is 11.6 Å². The zero-order valence-corrected chi connectivity index (χ0v) is 10.8. The van der Waals surface area contributed by atoms with Gasteiger partial charge in [0.2, 0.25) is 0 Å². The van der Waals surface area contributed by atoms with Gasteiger partial charge < -0.3 is 5.11 Å². The summed E-state index contributed by atoms with van der Waals surface area (Å²) in [6, 6.07) is 6.77. The van der Waals surface area contributed by atoms with Crippen LogP contribution in [-0.2, 0) is 4.79 Å². The Bertz CT molecular complexity index is 529. The Balaban J connectivity index is 3.15. The molecule has 0 atom stereocenters. The third kappa shape index (κ3) is 2.94. The fourth-order valence-electron chi connectivity index (χ4n) is 1.74. The zero-order valence-electron chi connectivity index (χ0n) is 10.8. The third-order valence-corrected chi connectivity index (χ3v) is 2.66. The van der Waals surface area contributed by atoms with Gasteiger partial charge in [-0.15, -0.1) is 0 Å². The van der Waals surface area contributed by atoms with E-state index in [9.17, 15) is 14.7 Å². The Morgan fingerprint density at radius 3 is 1.78 bits per heavy atom. The first-order chi connectivity index (χ1) is 8.34. The molecule has 0 unspecified atom stereocenters. The predicted molar refractivity (Wildman–Crippen MR) is 71.5 cm³/mol. The highest BCUT2D eigenvalue weighted by molar-refractivity contribution is 6.09. The van der Waals surface area contributed by atoms with E-state index in [2.05, 4.69) is 6.58 Å². The molecule has 0 radical (unpaired) electrons. The predicted octanol–water partition coefficient (Wildman–Crippen LogP) is 3.32. The summed E-state index contributed by atoms with van der Waals surface area (Å²) in [5.41, 5.74) is 1.97. The van der Waals surface area contributed by atoms with Crippen LogP contribution in [0, 0.1) is 0 Å². The standard InChI is InChI=1S/C15H16O3/c1-9(15(11(3)17)12(4)18)13-5-7-14(8-6-13)10(2)16/h5-8,17H,1H2,2-4H3/b15-11-. The molecule has 18 heavy (non-hydrogen) atoms. The summed E-state index contributed by atoms with van der Waals surface area (Å²) in [5.74, 6) is -0.313. The number of aliphatic hydroxyl groups is 1. The van der Waals surface area contributed by atoms with Crippen molar-refractivity contribution in [2.24, 2.45) is 0 Å². The van der Waals surface area contributed by atoms with Crippen molar-refractivity contribution < 1.29 is 14.7 Å². The van der Waals surface area contributed by atoms with E-state index >= 15 is 0 Å². The summed E-state index contributed by atoms with van der Waals surface area (Å²) in [6.07, 6.45) is 0. The van der Waals surface area contributed by atoms with Gasteiger partial charge in [0.1, 0.15) is 5.76 Å². The number of Topliss-reactive ketones (excluding diaryl/α,β-unsaturated/α-hetero) is 2. The van der Waals surface area contributed by atoms with Crippen molar-refractivity contribution in [2.75, 3.05) is 0 Å². The molecule has 3 nitrogen and oxygen atoms in total. The van der Waals surface area contributed by atoms with Gasteiger partial charge in [-0.25, -0.2) is 0 Å². The van der Waals surface area contributed by atoms with E-state index in [1.807, 2.05) is 0 Å². The summed E-state index contributed by atoms with van der Waals surface area (Å²) >= 11 is 0. The molecule has 0 heterocycles. The number of benzene rings is 1. The smallest absolute Gasteiger partial charge is 0.163 e. The number of rotatable bonds is 4. The van der Waals surface area contributed by atoms with Gasteiger partial charge in [0.25, 0.3) is 0 Å². The summed E-state index contributed by atoms with van der Waals surface area (Å²) < 4.78 is 0. The van der Waals surface area contributed by atoms with Gasteiger partial charge in [0.05, 0.1) is 5.57 Å². The summed E-state index contributed by atoms with van der Waals surface area (Å²) in [5, 5.41) is 9.50. The van der Waals surface area contributed by atoms with Crippen LogP contribution < -0.4 is 0 Å². The highest BCUT2D eigenvalue weighted by Gasteiger charge is 2.14. The minimum atomic E-state index is -0.240. The lowest BCUT2D eigenvalue weighted by atomic mass is 9.95. The molecule has 3 heteroatoms. The molecular formula is C15H16O3. The molecule has 1 N–H and O–H groups in total. The number of hydrogen-bond donors (Lipinski definition) is 1. The summed E-state index contributed by atoms with van der Waals surface area (Å²) in [7, 11) is 0. The average Bonchev–Trinajstić information content (AvgIpc) is 2.28. The van der Waals surface area contributed by atoms with E-state index < -0.39 is 0 Å². The largest absolute Gasteiger partial charge is 0.512 e. The molecule has 0 aliphatic carbocycles. The van der Waals surface area contributed by atoms with Crippen LogP contribution in [0.15, 0.2) is 42.2 Å². The molecule has 0 saturated heterocycles. The van der Waals surface area contributed by atoms with Gasteiger partial charge in [0, 0.05) is 5.56 Å². The van der Waals surface area contributed by atoms with Crippen LogP contribution in [0.5, 0.6) is 0 Å². The maximum absolute atomic E-state index is 11.4. The second-order valence-electron chi connectivity index (χ2n) is 4.13. The highest BCUT2D eigenvalue weighted by atomic mass is 16.3. The fourth-order valence-corrected chi connectivity index (χ4v) is 1.74. The van der Waals surface area contributed by atoms with Crippen molar-refractivity contribution in [3.63, 3.8) is 0 Å². The molecule has 1 aromatic rings. The summed E-state index contributed by atoms with van der Waals surface area (Å²) in [6.45, 7) is 8.14. The average molecular weight is 244 g/mol. The van der Waals surface area contributed by atoms with E-state index in [0.29, 0.717) is 16.7 Å². The first kappa shape index (κ1) is 13.9. The van der Waals surface area contributed by atoms with E-state index in [-0.39, 0.29) is 22.9 Å². The van der Waals surface area contributed by atoms with Crippen LogP contribution in [0.2, 0.25) is 0 Å². The maximum Gasteiger partial charge on any atom is 0.163 e. The Morgan fingerprint density at radius 1 is 1.00 bits per heavy atom. The molecule has 0 aliphatic rings. The zero-order chi connectivity index (χ0) is 13.9. The Morgan fingerprint density at radius 2 is 1.44 bits per heavy atom. The second-order valence-corrected chi connectivity index (χ2v) is 4.13. The molecule has 0 saturated carbocycles. The van der Waals surface area contributed by atoms with Crippen molar-refractivity contribution in [1.29, 1.82) is 0 Å². The normalized spacial score (nSPS) is 11.7. The summed E-state index contributed by atoms with van der Waals surface area (Å²) in [4.78, 5) is 22.6. The van der Waals surface area contributed by atoms with Crippen molar-refractivity contribution in [2.45, 2.75) is 20.8 Å². The first-order valence-corrected chi connectivity index (χ1v) is 5.56. The topological polar surface area (TPSA) is 54.4 Å². The van der Waals surface area contributed by atoms with Crippen molar-refractivity contribution in [3.05, 3.63) is 53.3 Å².